The smallest absolute Gasteiger partial charge is 0.471 e. The topological polar surface area (TPSA) is 66.5 Å². The molecule has 0 fully saturated rings. The van der Waals surface area contributed by atoms with Crippen molar-refractivity contribution in [3.8, 4) is 28.7 Å². The van der Waals surface area contributed by atoms with Gasteiger partial charge in [-0.15, -0.1) is 0 Å². The van der Waals surface area contributed by atoms with Crippen LogP contribution in [0.15, 0.2) is 54.6 Å². The van der Waals surface area contributed by atoms with Gasteiger partial charge < -0.3 is 28.6 Å². The van der Waals surface area contributed by atoms with Gasteiger partial charge >= 0.3 is 12.1 Å². The molecule has 10 heteroatoms. The van der Waals surface area contributed by atoms with E-state index in [9.17, 15) is 18.0 Å². The Morgan fingerprint density at radius 2 is 1.71 bits per heavy atom. The number of ether oxygens (including phenoxy) is 5. The maximum atomic E-state index is 13.7. The van der Waals surface area contributed by atoms with E-state index in [0.29, 0.717) is 45.4 Å². The first-order valence-electron chi connectivity index (χ1n) is 12.0. The van der Waals surface area contributed by atoms with E-state index in [2.05, 4.69) is 0 Å². The third-order valence-corrected chi connectivity index (χ3v) is 6.69. The Hall–Kier alpha value is -4.08. The van der Waals surface area contributed by atoms with E-state index in [0.717, 1.165) is 10.5 Å². The summed E-state index contributed by atoms with van der Waals surface area (Å²) in [5.41, 5.74) is 2.77. The molecule has 2 heterocycles. The van der Waals surface area contributed by atoms with Crippen LogP contribution in [-0.4, -0.2) is 44.5 Å². The Bertz CT molecular complexity index is 1330. The zero-order valence-corrected chi connectivity index (χ0v) is 20.8. The maximum absolute atomic E-state index is 13.7. The second kappa shape index (κ2) is 10.4. The summed E-state index contributed by atoms with van der Waals surface area (Å²) in [5.74, 6) is 0.206. The molecule has 2 aliphatic rings. The molecule has 38 heavy (non-hydrogen) atoms. The Kier molecular flexibility index (Phi) is 6.96. The Morgan fingerprint density at radius 1 is 0.974 bits per heavy atom. The van der Waals surface area contributed by atoms with Crippen molar-refractivity contribution in [2.45, 2.75) is 31.7 Å². The molecule has 3 aromatic rings. The molecule has 0 aromatic heterocycles. The summed E-state index contributed by atoms with van der Waals surface area (Å²) in [6.07, 6.45) is -4.75. The molecular formula is C28H26F3NO6. The third-order valence-electron chi connectivity index (χ3n) is 6.69. The maximum Gasteiger partial charge on any atom is 0.471 e. The van der Waals surface area contributed by atoms with Crippen LogP contribution < -0.4 is 23.7 Å². The number of rotatable bonds is 7. The normalized spacial score (nSPS) is 16.1. The van der Waals surface area contributed by atoms with Crippen molar-refractivity contribution < 1.29 is 41.7 Å². The molecule has 200 valence electrons. The van der Waals surface area contributed by atoms with E-state index in [1.807, 2.05) is 30.3 Å². The molecule has 0 aliphatic carbocycles. The third kappa shape index (κ3) is 4.90. The molecule has 7 nitrogen and oxygen atoms in total. The van der Waals surface area contributed by atoms with Crippen LogP contribution in [0.3, 0.4) is 0 Å². The first-order chi connectivity index (χ1) is 18.3. The van der Waals surface area contributed by atoms with Crippen molar-refractivity contribution in [3.63, 3.8) is 0 Å². The van der Waals surface area contributed by atoms with Gasteiger partial charge in [0, 0.05) is 12.1 Å². The number of amides is 1. The van der Waals surface area contributed by atoms with E-state index in [1.54, 1.807) is 24.3 Å². The fraction of sp³-hybridized carbons (Fsp3) is 0.321. The van der Waals surface area contributed by atoms with Gasteiger partial charge in [-0.3, -0.25) is 4.79 Å². The van der Waals surface area contributed by atoms with Gasteiger partial charge in [0.15, 0.2) is 23.0 Å². The lowest BCUT2D eigenvalue weighted by Crippen LogP contribution is -2.47. The molecular weight excluding hydrogens is 503 g/mol. The fourth-order valence-corrected chi connectivity index (χ4v) is 4.95. The zero-order chi connectivity index (χ0) is 26.9. The van der Waals surface area contributed by atoms with Crippen LogP contribution in [0.25, 0.3) is 0 Å². The molecule has 0 spiro atoms. The average molecular weight is 530 g/mol. The van der Waals surface area contributed by atoms with Gasteiger partial charge in [-0.05, 0) is 47.7 Å². The minimum absolute atomic E-state index is 0.0723. The number of carbonyl (C=O) groups excluding carboxylic acids is 1. The summed E-state index contributed by atoms with van der Waals surface area (Å²) in [6.45, 7) is 0.143. The monoisotopic (exact) mass is 529 g/mol. The number of methoxy groups -OCH3 is 2. The molecule has 0 N–H and O–H groups in total. The molecule has 2 aliphatic heterocycles. The van der Waals surface area contributed by atoms with Crippen molar-refractivity contribution in [2.75, 3.05) is 27.6 Å². The van der Waals surface area contributed by atoms with E-state index < -0.39 is 18.1 Å². The van der Waals surface area contributed by atoms with Gasteiger partial charge in [0.05, 0.1) is 20.3 Å². The van der Waals surface area contributed by atoms with Crippen LogP contribution in [0.1, 0.15) is 28.3 Å². The van der Waals surface area contributed by atoms with Gasteiger partial charge in [-0.25, -0.2) is 0 Å². The number of benzene rings is 3. The van der Waals surface area contributed by atoms with E-state index in [4.69, 9.17) is 23.7 Å². The summed E-state index contributed by atoms with van der Waals surface area (Å²) < 4.78 is 69.1. The largest absolute Gasteiger partial charge is 0.492 e. The van der Waals surface area contributed by atoms with E-state index in [1.165, 1.54) is 14.2 Å². The van der Waals surface area contributed by atoms with Gasteiger partial charge in [-0.1, -0.05) is 36.4 Å². The highest BCUT2D eigenvalue weighted by atomic mass is 19.4. The summed E-state index contributed by atoms with van der Waals surface area (Å²) in [5, 5.41) is 0. The number of fused-ring (bicyclic) bond motifs is 2. The zero-order valence-electron chi connectivity index (χ0n) is 20.8. The molecule has 0 saturated carbocycles. The number of hydrogen-bond acceptors (Lipinski definition) is 6. The van der Waals surface area contributed by atoms with Crippen LogP contribution in [0.5, 0.6) is 28.7 Å². The van der Waals surface area contributed by atoms with Crippen LogP contribution in [-0.2, 0) is 24.2 Å². The van der Waals surface area contributed by atoms with Crippen molar-refractivity contribution >= 4 is 5.91 Å². The lowest BCUT2D eigenvalue weighted by Gasteiger charge is -2.39. The standard InChI is InChI=1S/C28H26F3NO6/c1-34-25-19-10-11-32(27(33)28(29,30)31)21(12-18-8-9-22-23(13-18)38-16-37-22)20(19)14-24(26(25)35-2)36-15-17-6-4-3-5-7-17/h3-9,13-14,21H,10-12,15-16H2,1-2H3. The van der Waals surface area contributed by atoms with Crippen molar-refractivity contribution in [1.29, 1.82) is 0 Å². The second-order valence-corrected chi connectivity index (χ2v) is 8.94. The van der Waals surface area contributed by atoms with Gasteiger partial charge in [0.2, 0.25) is 12.5 Å². The summed E-state index contributed by atoms with van der Waals surface area (Å²) in [7, 11) is 2.95. The van der Waals surface area contributed by atoms with E-state index in [-0.39, 0.29) is 32.8 Å². The predicted octanol–water partition coefficient (Wildman–Crippen LogP) is 5.24. The average Bonchev–Trinajstić information content (AvgIpc) is 3.39. The summed E-state index contributed by atoms with van der Waals surface area (Å²) in [4.78, 5) is 13.4. The quantitative estimate of drug-likeness (QED) is 0.417. The molecule has 0 saturated heterocycles. The van der Waals surface area contributed by atoms with Crippen LogP contribution in [0.2, 0.25) is 0 Å². The van der Waals surface area contributed by atoms with Crippen LogP contribution in [0, 0.1) is 0 Å². The van der Waals surface area contributed by atoms with Crippen LogP contribution in [0.4, 0.5) is 13.2 Å². The lowest BCUT2D eigenvalue weighted by atomic mass is 9.87. The summed E-state index contributed by atoms with van der Waals surface area (Å²) in [6, 6.07) is 15.4. The van der Waals surface area contributed by atoms with Crippen molar-refractivity contribution in [3.05, 3.63) is 76.9 Å². The molecule has 1 amide bonds. The Morgan fingerprint density at radius 3 is 2.42 bits per heavy atom. The predicted molar refractivity (Wildman–Crippen MR) is 131 cm³/mol. The van der Waals surface area contributed by atoms with Crippen molar-refractivity contribution in [1.82, 2.24) is 4.90 Å². The molecule has 0 radical (unpaired) electrons. The van der Waals surface area contributed by atoms with E-state index >= 15 is 0 Å². The number of halogens is 3. The highest BCUT2D eigenvalue weighted by Crippen LogP contribution is 2.48. The second-order valence-electron chi connectivity index (χ2n) is 8.94. The lowest BCUT2D eigenvalue weighted by molar-refractivity contribution is -0.188. The number of carbonyl (C=O) groups is 1. The first kappa shape index (κ1) is 25.6. The Balaban J connectivity index is 1.58. The molecule has 1 unspecified atom stereocenters. The number of hydrogen-bond donors (Lipinski definition) is 0. The SMILES string of the molecule is COc1c(OCc2ccccc2)cc2c(c1OC)CCN(C(=O)C(F)(F)F)C2Cc1ccc2c(c1)OCO2. The highest BCUT2D eigenvalue weighted by Gasteiger charge is 2.47. The highest BCUT2D eigenvalue weighted by molar-refractivity contribution is 5.83. The first-order valence-corrected chi connectivity index (χ1v) is 12.0. The minimum Gasteiger partial charge on any atom is -0.492 e. The van der Waals surface area contributed by atoms with Crippen LogP contribution >= 0.6 is 0 Å². The number of nitrogens with zero attached hydrogens (tertiary/aromatic N) is 1. The van der Waals surface area contributed by atoms with Crippen molar-refractivity contribution in [2.24, 2.45) is 0 Å². The molecule has 1 atom stereocenters. The fourth-order valence-electron chi connectivity index (χ4n) is 4.95. The molecule has 0 bridgehead atoms. The minimum atomic E-state index is -5.02. The van der Waals surface area contributed by atoms with Gasteiger partial charge in [0.1, 0.15) is 6.61 Å². The molecule has 5 rings (SSSR count). The number of alkyl halides is 3. The summed E-state index contributed by atoms with van der Waals surface area (Å²) >= 11 is 0. The van der Waals surface area contributed by atoms with Gasteiger partial charge in [-0.2, -0.15) is 13.2 Å². The Labute approximate surface area is 217 Å². The van der Waals surface area contributed by atoms with Gasteiger partial charge in [0.25, 0.3) is 0 Å². The molecule has 3 aromatic carbocycles.